The minimum Gasteiger partial charge on any atom is -0.497 e. The Labute approximate surface area is 194 Å². The molecule has 0 fully saturated rings. The summed E-state index contributed by atoms with van der Waals surface area (Å²) in [6, 6.07) is 16.7. The van der Waals surface area contributed by atoms with Crippen LogP contribution < -0.4 is 14.8 Å². The van der Waals surface area contributed by atoms with E-state index in [-0.39, 0.29) is 18.3 Å². The summed E-state index contributed by atoms with van der Waals surface area (Å²) in [4.78, 5) is 25.2. The molecule has 3 aromatic rings. The fourth-order valence-electron chi connectivity index (χ4n) is 3.63. The van der Waals surface area contributed by atoms with E-state index >= 15 is 0 Å². The molecular weight excluding hydrogens is 420 g/mol. The number of benzene rings is 2. The quantitative estimate of drug-likeness (QED) is 0.436. The van der Waals surface area contributed by atoms with Gasteiger partial charge in [0.05, 0.1) is 31.6 Å². The van der Waals surface area contributed by atoms with Crippen molar-refractivity contribution in [1.82, 2.24) is 4.57 Å². The number of hydrogen-bond donors (Lipinski definition) is 1. The predicted octanol–water partition coefficient (Wildman–Crippen LogP) is 5.08. The van der Waals surface area contributed by atoms with Gasteiger partial charge < -0.3 is 24.1 Å². The number of rotatable bonds is 10. The van der Waals surface area contributed by atoms with Crippen LogP contribution in [0.5, 0.6) is 11.5 Å². The van der Waals surface area contributed by atoms with E-state index in [0.717, 1.165) is 22.7 Å². The van der Waals surface area contributed by atoms with Crippen molar-refractivity contribution < 1.29 is 23.8 Å². The molecule has 7 heteroatoms. The number of carbonyl (C=O) groups excluding carboxylic acids is 2. The molecule has 1 aromatic heterocycles. The van der Waals surface area contributed by atoms with Crippen LogP contribution in [0.2, 0.25) is 0 Å². The summed E-state index contributed by atoms with van der Waals surface area (Å²) in [7, 11) is 1.61. The highest BCUT2D eigenvalue weighted by Crippen LogP contribution is 2.29. The van der Waals surface area contributed by atoms with Crippen molar-refractivity contribution in [3.05, 3.63) is 65.9 Å². The van der Waals surface area contributed by atoms with Gasteiger partial charge >= 0.3 is 5.97 Å². The van der Waals surface area contributed by atoms with E-state index in [0.29, 0.717) is 36.8 Å². The van der Waals surface area contributed by atoms with Crippen LogP contribution >= 0.6 is 0 Å². The van der Waals surface area contributed by atoms with Crippen LogP contribution in [-0.2, 0) is 16.1 Å². The van der Waals surface area contributed by atoms with Gasteiger partial charge in [0.1, 0.15) is 11.5 Å². The van der Waals surface area contributed by atoms with E-state index in [2.05, 4.69) is 5.32 Å². The Bertz CT molecular complexity index is 1100. The standard InChI is InChI=1S/C26H30N2O5/c1-5-32-24-10-8-7-9-22(24)27-25(29)15-16-28-18(3)21(26(30)33-6-2)17-23(28)19-11-13-20(31-4)14-12-19/h7-14,17H,5-6,15-16H2,1-4H3,(H,27,29). The first kappa shape index (κ1) is 23.9. The lowest BCUT2D eigenvalue weighted by Gasteiger charge is -2.14. The molecule has 1 heterocycles. The fraction of sp³-hybridized carbons (Fsp3) is 0.308. The third kappa shape index (κ3) is 5.74. The molecule has 0 radical (unpaired) electrons. The van der Waals surface area contributed by atoms with E-state index in [9.17, 15) is 9.59 Å². The zero-order valence-electron chi connectivity index (χ0n) is 19.5. The van der Waals surface area contributed by atoms with Gasteiger partial charge in [-0.15, -0.1) is 0 Å². The van der Waals surface area contributed by atoms with Crippen LogP contribution in [0.4, 0.5) is 5.69 Å². The molecule has 0 bridgehead atoms. The van der Waals surface area contributed by atoms with Crippen molar-refractivity contribution >= 4 is 17.6 Å². The molecule has 0 spiro atoms. The molecule has 7 nitrogen and oxygen atoms in total. The lowest BCUT2D eigenvalue weighted by Crippen LogP contribution is -2.16. The summed E-state index contributed by atoms with van der Waals surface area (Å²) in [5, 5.41) is 2.92. The Kier molecular flexibility index (Phi) is 8.13. The van der Waals surface area contributed by atoms with E-state index in [4.69, 9.17) is 14.2 Å². The van der Waals surface area contributed by atoms with E-state index < -0.39 is 0 Å². The predicted molar refractivity (Wildman–Crippen MR) is 128 cm³/mol. The summed E-state index contributed by atoms with van der Waals surface area (Å²) in [6.45, 7) is 6.74. The van der Waals surface area contributed by atoms with Crippen LogP contribution in [0, 0.1) is 6.92 Å². The molecule has 3 rings (SSSR count). The highest BCUT2D eigenvalue weighted by molar-refractivity contribution is 5.93. The van der Waals surface area contributed by atoms with Gasteiger partial charge in [0.15, 0.2) is 0 Å². The van der Waals surface area contributed by atoms with Gasteiger partial charge in [-0.25, -0.2) is 4.79 Å². The van der Waals surface area contributed by atoms with Crippen molar-refractivity contribution in [3.63, 3.8) is 0 Å². The summed E-state index contributed by atoms with van der Waals surface area (Å²) < 4.78 is 18.0. The van der Waals surface area contributed by atoms with Crippen molar-refractivity contribution in [1.29, 1.82) is 0 Å². The van der Waals surface area contributed by atoms with Crippen molar-refractivity contribution in [2.75, 3.05) is 25.6 Å². The Hall–Kier alpha value is -3.74. The molecular formula is C26H30N2O5. The highest BCUT2D eigenvalue weighted by atomic mass is 16.5. The second-order valence-electron chi connectivity index (χ2n) is 7.36. The Morgan fingerprint density at radius 3 is 2.39 bits per heavy atom. The largest absolute Gasteiger partial charge is 0.497 e. The van der Waals surface area contributed by atoms with Crippen LogP contribution in [0.1, 0.15) is 36.3 Å². The van der Waals surface area contributed by atoms with Gasteiger partial charge in [-0.05, 0) is 68.8 Å². The second kappa shape index (κ2) is 11.2. The number of aromatic nitrogens is 1. The Balaban J connectivity index is 1.84. The zero-order valence-corrected chi connectivity index (χ0v) is 19.5. The Morgan fingerprint density at radius 2 is 1.73 bits per heavy atom. The lowest BCUT2D eigenvalue weighted by atomic mass is 10.1. The summed E-state index contributed by atoms with van der Waals surface area (Å²) in [6.07, 6.45) is 0.224. The maximum atomic E-state index is 12.7. The molecule has 1 amide bonds. The third-order valence-corrected chi connectivity index (χ3v) is 5.27. The first-order chi connectivity index (χ1) is 16.0. The number of nitrogens with zero attached hydrogens (tertiary/aromatic N) is 1. The number of amides is 1. The number of carbonyl (C=O) groups is 2. The molecule has 0 unspecified atom stereocenters. The number of esters is 1. The van der Waals surface area contributed by atoms with Crippen molar-refractivity contribution in [2.24, 2.45) is 0 Å². The topological polar surface area (TPSA) is 78.8 Å². The second-order valence-corrected chi connectivity index (χ2v) is 7.36. The number of methoxy groups -OCH3 is 1. The molecule has 0 saturated heterocycles. The molecule has 0 aliphatic carbocycles. The highest BCUT2D eigenvalue weighted by Gasteiger charge is 2.20. The van der Waals surface area contributed by atoms with Crippen LogP contribution in [0.25, 0.3) is 11.3 Å². The van der Waals surface area contributed by atoms with Gasteiger partial charge in [0.25, 0.3) is 0 Å². The monoisotopic (exact) mass is 450 g/mol. The first-order valence-electron chi connectivity index (χ1n) is 11.0. The maximum absolute atomic E-state index is 12.7. The average Bonchev–Trinajstić information content (AvgIpc) is 3.15. The molecule has 174 valence electrons. The first-order valence-corrected chi connectivity index (χ1v) is 11.0. The lowest BCUT2D eigenvalue weighted by molar-refractivity contribution is -0.116. The third-order valence-electron chi connectivity index (χ3n) is 5.27. The molecule has 33 heavy (non-hydrogen) atoms. The van der Waals surface area contributed by atoms with E-state index in [1.807, 2.05) is 73.0 Å². The number of ether oxygens (including phenoxy) is 3. The van der Waals surface area contributed by atoms with Crippen molar-refractivity contribution in [2.45, 2.75) is 33.7 Å². The SMILES string of the molecule is CCOC(=O)c1cc(-c2ccc(OC)cc2)n(CCC(=O)Nc2ccccc2OCC)c1C. The van der Waals surface area contributed by atoms with E-state index in [1.54, 1.807) is 14.0 Å². The number of para-hydroxylation sites is 2. The number of anilines is 1. The van der Waals surface area contributed by atoms with Gasteiger partial charge in [0, 0.05) is 24.4 Å². The molecule has 0 atom stereocenters. The van der Waals surface area contributed by atoms with Gasteiger partial charge in [-0.3, -0.25) is 4.79 Å². The summed E-state index contributed by atoms with van der Waals surface area (Å²) >= 11 is 0. The minimum atomic E-state index is -0.376. The zero-order chi connectivity index (χ0) is 23.8. The van der Waals surface area contributed by atoms with Crippen LogP contribution in [0.15, 0.2) is 54.6 Å². The van der Waals surface area contributed by atoms with Crippen LogP contribution in [0.3, 0.4) is 0 Å². The summed E-state index contributed by atoms with van der Waals surface area (Å²) in [5.41, 5.74) is 3.62. The van der Waals surface area contributed by atoms with Gasteiger partial charge in [0.2, 0.25) is 5.91 Å². The molecule has 0 aliphatic heterocycles. The average molecular weight is 451 g/mol. The number of nitrogens with one attached hydrogen (secondary N) is 1. The summed E-state index contributed by atoms with van der Waals surface area (Å²) in [5.74, 6) is 0.854. The van der Waals surface area contributed by atoms with Crippen LogP contribution in [-0.4, -0.2) is 36.8 Å². The molecule has 2 aromatic carbocycles. The molecule has 0 saturated carbocycles. The maximum Gasteiger partial charge on any atom is 0.339 e. The smallest absolute Gasteiger partial charge is 0.339 e. The van der Waals surface area contributed by atoms with Gasteiger partial charge in [-0.2, -0.15) is 0 Å². The molecule has 1 N–H and O–H groups in total. The fourth-order valence-corrected chi connectivity index (χ4v) is 3.63. The normalized spacial score (nSPS) is 10.5. The van der Waals surface area contributed by atoms with Crippen molar-refractivity contribution in [3.8, 4) is 22.8 Å². The van der Waals surface area contributed by atoms with Gasteiger partial charge in [-0.1, -0.05) is 12.1 Å². The minimum absolute atomic E-state index is 0.145. The number of hydrogen-bond acceptors (Lipinski definition) is 5. The van der Waals surface area contributed by atoms with E-state index in [1.165, 1.54) is 0 Å². The molecule has 0 aliphatic rings. The Morgan fingerprint density at radius 1 is 1.00 bits per heavy atom.